The van der Waals surface area contributed by atoms with Crippen LogP contribution in [0.15, 0.2) is 36.4 Å². The Morgan fingerprint density at radius 2 is 2.05 bits per heavy atom. The number of hydrogen-bond acceptors (Lipinski definition) is 3. The molecule has 0 amide bonds. The summed E-state index contributed by atoms with van der Waals surface area (Å²) in [7, 11) is 0. The van der Waals surface area contributed by atoms with Crippen molar-refractivity contribution in [3.8, 4) is 0 Å². The molecule has 1 saturated heterocycles. The summed E-state index contributed by atoms with van der Waals surface area (Å²) in [6, 6.07) is 11.1. The highest BCUT2D eigenvalue weighted by molar-refractivity contribution is 6.07. The molecule has 1 atom stereocenters. The van der Waals surface area contributed by atoms with E-state index in [1.807, 2.05) is 30.3 Å². The van der Waals surface area contributed by atoms with E-state index in [2.05, 4.69) is 5.32 Å². The van der Waals surface area contributed by atoms with Crippen LogP contribution in [0.5, 0.6) is 0 Å². The molecule has 2 aromatic carbocycles. The summed E-state index contributed by atoms with van der Waals surface area (Å²) in [5, 5.41) is 14.3. The van der Waals surface area contributed by atoms with Crippen molar-refractivity contribution in [3.63, 3.8) is 0 Å². The Balaban J connectivity index is 1.91. The normalized spacial score (nSPS) is 18.3. The van der Waals surface area contributed by atoms with Crippen molar-refractivity contribution in [1.29, 1.82) is 0 Å². The molecule has 1 aliphatic rings. The molecule has 4 heteroatoms. The van der Waals surface area contributed by atoms with Crippen molar-refractivity contribution in [2.75, 3.05) is 18.5 Å². The van der Waals surface area contributed by atoms with Crippen LogP contribution in [-0.4, -0.2) is 30.3 Å². The number of nitrogens with one attached hydrogen (secondary N) is 1. The Morgan fingerprint density at radius 3 is 2.75 bits per heavy atom. The molecule has 1 heterocycles. The number of benzene rings is 2. The molecular weight excluding hydrogens is 254 g/mol. The number of ether oxygens (including phenoxy) is 1. The topological polar surface area (TPSA) is 58.6 Å². The van der Waals surface area contributed by atoms with Crippen molar-refractivity contribution in [2.45, 2.75) is 18.9 Å². The number of aromatic carboxylic acids is 1. The highest BCUT2D eigenvalue weighted by Gasteiger charge is 2.16. The van der Waals surface area contributed by atoms with E-state index in [-0.39, 0.29) is 6.10 Å². The summed E-state index contributed by atoms with van der Waals surface area (Å²) >= 11 is 0. The van der Waals surface area contributed by atoms with Gasteiger partial charge in [-0.1, -0.05) is 24.3 Å². The Labute approximate surface area is 117 Å². The van der Waals surface area contributed by atoms with E-state index in [0.717, 1.165) is 42.5 Å². The second kappa shape index (κ2) is 5.51. The molecule has 0 spiro atoms. The van der Waals surface area contributed by atoms with Crippen LogP contribution in [0.25, 0.3) is 10.8 Å². The molecule has 0 radical (unpaired) electrons. The summed E-state index contributed by atoms with van der Waals surface area (Å²) in [5.41, 5.74) is 1.30. The number of carboxylic acid groups (broad SMARTS) is 1. The first-order valence-electron chi connectivity index (χ1n) is 6.86. The van der Waals surface area contributed by atoms with Gasteiger partial charge in [0.1, 0.15) is 0 Å². The zero-order valence-corrected chi connectivity index (χ0v) is 11.1. The highest BCUT2D eigenvalue weighted by Crippen LogP contribution is 2.27. The second-order valence-electron chi connectivity index (χ2n) is 5.03. The standard InChI is InChI=1S/C16H17NO3/c18-16(19)14-7-8-15(13-6-2-1-5-12(13)14)17-10-11-4-3-9-20-11/h1-2,5-8,11,17H,3-4,9-10H2,(H,18,19). The van der Waals surface area contributed by atoms with Crippen LogP contribution in [0.4, 0.5) is 5.69 Å². The van der Waals surface area contributed by atoms with Gasteiger partial charge in [0.15, 0.2) is 0 Å². The van der Waals surface area contributed by atoms with Gasteiger partial charge < -0.3 is 15.2 Å². The number of hydrogen-bond donors (Lipinski definition) is 2. The third-order valence-corrected chi connectivity index (χ3v) is 3.70. The van der Waals surface area contributed by atoms with Crippen molar-refractivity contribution in [1.82, 2.24) is 0 Å². The average molecular weight is 271 g/mol. The molecule has 1 aliphatic heterocycles. The molecule has 104 valence electrons. The zero-order valence-electron chi connectivity index (χ0n) is 11.1. The van der Waals surface area contributed by atoms with Crippen molar-refractivity contribution < 1.29 is 14.6 Å². The number of carbonyl (C=O) groups is 1. The van der Waals surface area contributed by atoms with E-state index in [1.165, 1.54) is 0 Å². The molecule has 0 aromatic heterocycles. The zero-order chi connectivity index (χ0) is 13.9. The van der Waals surface area contributed by atoms with Crippen LogP contribution < -0.4 is 5.32 Å². The quantitative estimate of drug-likeness (QED) is 0.897. The summed E-state index contributed by atoms with van der Waals surface area (Å²) in [5.74, 6) is -0.896. The Bertz CT molecular complexity index is 633. The largest absolute Gasteiger partial charge is 0.478 e. The minimum Gasteiger partial charge on any atom is -0.478 e. The number of carboxylic acids is 1. The van der Waals surface area contributed by atoms with Crippen molar-refractivity contribution in [3.05, 3.63) is 42.0 Å². The lowest BCUT2D eigenvalue weighted by Crippen LogP contribution is -2.18. The van der Waals surface area contributed by atoms with E-state index >= 15 is 0 Å². The summed E-state index contributed by atoms with van der Waals surface area (Å²) in [4.78, 5) is 11.3. The monoisotopic (exact) mass is 271 g/mol. The Morgan fingerprint density at radius 1 is 1.25 bits per heavy atom. The van der Waals surface area contributed by atoms with Crippen molar-refractivity contribution >= 4 is 22.4 Å². The van der Waals surface area contributed by atoms with Gasteiger partial charge in [-0.2, -0.15) is 0 Å². The Kier molecular flexibility index (Phi) is 3.56. The van der Waals surface area contributed by atoms with Gasteiger partial charge in [-0.15, -0.1) is 0 Å². The maximum Gasteiger partial charge on any atom is 0.336 e. The van der Waals surface area contributed by atoms with Crippen LogP contribution >= 0.6 is 0 Å². The fraction of sp³-hybridized carbons (Fsp3) is 0.312. The SMILES string of the molecule is O=C(O)c1ccc(NCC2CCCO2)c2ccccc12. The molecule has 1 fully saturated rings. The minimum atomic E-state index is -0.896. The molecular formula is C16H17NO3. The fourth-order valence-electron chi connectivity index (χ4n) is 2.67. The van der Waals surface area contributed by atoms with Gasteiger partial charge in [0.05, 0.1) is 11.7 Å². The van der Waals surface area contributed by atoms with Gasteiger partial charge in [0.25, 0.3) is 0 Å². The summed E-state index contributed by atoms with van der Waals surface area (Å²) in [6.07, 6.45) is 2.45. The Hall–Kier alpha value is -2.07. The number of fused-ring (bicyclic) bond motifs is 1. The molecule has 0 aliphatic carbocycles. The lowest BCUT2D eigenvalue weighted by molar-refractivity contribution is 0.0699. The van der Waals surface area contributed by atoms with Crippen LogP contribution in [-0.2, 0) is 4.74 Å². The van der Waals surface area contributed by atoms with Gasteiger partial charge in [-0.05, 0) is 30.4 Å². The van der Waals surface area contributed by atoms with E-state index in [9.17, 15) is 9.90 Å². The predicted octanol–water partition coefficient (Wildman–Crippen LogP) is 3.13. The smallest absolute Gasteiger partial charge is 0.336 e. The first-order chi connectivity index (χ1) is 9.75. The van der Waals surface area contributed by atoms with Gasteiger partial charge in [0.2, 0.25) is 0 Å². The fourth-order valence-corrected chi connectivity index (χ4v) is 2.67. The first-order valence-corrected chi connectivity index (χ1v) is 6.86. The van der Waals surface area contributed by atoms with E-state index < -0.39 is 5.97 Å². The molecule has 4 nitrogen and oxygen atoms in total. The molecule has 20 heavy (non-hydrogen) atoms. The van der Waals surface area contributed by atoms with Gasteiger partial charge in [0, 0.05) is 24.2 Å². The number of anilines is 1. The van der Waals surface area contributed by atoms with Gasteiger partial charge in [-0.3, -0.25) is 0 Å². The molecule has 0 saturated carbocycles. The summed E-state index contributed by atoms with van der Waals surface area (Å²) < 4.78 is 5.59. The van der Waals surface area contributed by atoms with E-state index in [0.29, 0.717) is 5.56 Å². The van der Waals surface area contributed by atoms with Crippen molar-refractivity contribution in [2.24, 2.45) is 0 Å². The third-order valence-electron chi connectivity index (χ3n) is 3.70. The van der Waals surface area contributed by atoms with Crippen LogP contribution in [0.3, 0.4) is 0 Å². The van der Waals surface area contributed by atoms with Crippen LogP contribution in [0, 0.1) is 0 Å². The van der Waals surface area contributed by atoms with Crippen LogP contribution in [0.2, 0.25) is 0 Å². The van der Waals surface area contributed by atoms with Crippen LogP contribution in [0.1, 0.15) is 23.2 Å². The molecule has 1 unspecified atom stereocenters. The van der Waals surface area contributed by atoms with E-state index in [4.69, 9.17) is 4.74 Å². The molecule has 2 aromatic rings. The molecule has 3 rings (SSSR count). The maximum absolute atomic E-state index is 11.3. The number of rotatable bonds is 4. The molecule has 2 N–H and O–H groups in total. The molecule has 0 bridgehead atoms. The predicted molar refractivity (Wildman–Crippen MR) is 78.4 cm³/mol. The summed E-state index contributed by atoms with van der Waals surface area (Å²) in [6.45, 7) is 1.60. The second-order valence-corrected chi connectivity index (χ2v) is 5.03. The third kappa shape index (κ3) is 2.47. The average Bonchev–Trinajstić information content (AvgIpc) is 2.97. The lowest BCUT2D eigenvalue weighted by Gasteiger charge is -2.14. The lowest BCUT2D eigenvalue weighted by atomic mass is 10.0. The van der Waals surface area contributed by atoms with E-state index in [1.54, 1.807) is 6.07 Å². The highest BCUT2D eigenvalue weighted by atomic mass is 16.5. The van der Waals surface area contributed by atoms with Gasteiger partial charge in [-0.25, -0.2) is 4.79 Å². The first kappa shape index (κ1) is 12.9. The minimum absolute atomic E-state index is 0.257. The van der Waals surface area contributed by atoms with Gasteiger partial charge >= 0.3 is 5.97 Å². The maximum atomic E-state index is 11.3.